The van der Waals surface area contributed by atoms with Gasteiger partial charge < -0.3 is 10.3 Å². The van der Waals surface area contributed by atoms with Crippen molar-refractivity contribution in [3.63, 3.8) is 0 Å². The molecule has 84 valence electrons. The summed E-state index contributed by atoms with van der Waals surface area (Å²) >= 11 is 5.31. The first-order chi connectivity index (χ1) is 7.75. The fraction of sp³-hybridized carbons (Fsp3) is 0.182. The van der Waals surface area contributed by atoms with Crippen molar-refractivity contribution in [2.75, 3.05) is 11.5 Å². The average Bonchev–Trinajstić information content (AvgIpc) is 2.74. The lowest BCUT2D eigenvalue weighted by molar-refractivity contribution is 0.770. The van der Waals surface area contributed by atoms with Crippen molar-refractivity contribution >= 4 is 33.4 Å². The maximum absolute atomic E-state index is 5.68. The maximum atomic E-state index is 5.68. The van der Waals surface area contributed by atoms with Crippen molar-refractivity contribution in [2.45, 2.75) is 11.4 Å². The van der Waals surface area contributed by atoms with E-state index in [4.69, 9.17) is 5.73 Å². The minimum Gasteiger partial charge on any atom is -0.399 e. The van der Waals surface area contributed by atoms with Crippen LogP contribution in [0.25, 0.3) is 0 Å². The fourth-order valence-electron chi connectivity index (χ4n) is 1.31. The summed E-state index contributed by atoms with van der Waals surface area (Å²) < 4.78 is 3.13. The number of rotatable bonds is 4. The second-order valence-electron chi connectivity index (χ2n) is 3.34. The number of thioether (sulfide) groups is 1. The third-order valence-corrected chi connectivity index (χ3v) is 4.09. The van der Waals surface area contributed by atoms with E-state index in [2.05, 4.69) is 25.5 Å². The number of benzene rings is 1. The normalized spacial score (nSPS) is 10.6. The van der Waals surface area contributed by atoms with Gasteiger partial charge in [-0.3, -0.25) is 0 Å². The molecular weight excluding hydrogens is 286 g/mol. The maximum Gasteiger partial charge on any atom is 0.0946 e. The van der Waals surface area contributed by atoms with Crippen LogP contribution in [0.5, 0.6) is 0 Å². The molecule has 1 heterocycles. The lowest BCUT2D eigenvalue weighted by Gasteiger charge is -2.05. The van der Waals surface area contributed by atoms with Gasteiger partial charge in [-0.15, -0.1) is 11.8 Å². The number of hydrogen-bond donors (Lipinski definition) is 1. The van der Waals surface area contributed by atoms with E-state index in [1.807, 2.05) is 30.7 Å². The van der Waals surface area contributed by atoms with Crippen LogP contribution in [0.1, 0.15) is 0 Å². The second kappa shape index (κ2) is 5.41. The Morgan fingerprint density at radius 2 is 2.31 bits per heavy atom. The Hall–Kier alpha value is -0.940. The van der Waals surface area contributed by atoms with Crippen molar-refractivity contribution < 1.29 is 0 Å². The molecule has 0 fully saturated rings. The highest BCUT2D eigenvalue weighted by molar-refractivity contribution is 9.10. The summed E-state index contributed by atoms with van der Waals surface area (Å²) in [7, 11) is 0. The zero-order chi connectivity index (χ0) is 11.4. The summed E-state index contributed by atoms with van der Waals surface area (Å²) in [5.41, 5.74) is 6.46. The van der Waals surface area contributed by atoms with E-state index >= 15 is 0 Å². The van der Waals surface area contributed by atoms with Gasteiger partial charge in [0.25, 0.3) is 0 Å². The highest BCUT2D eigenvalue weighted by Gasteiger charge is 2.00. The number of imidazole rings is 1. The number of nitrogens with two attached hydrogens (primary N) is 1. The summed E-state index contributed by atoms with van der Waals surface area (Å²) in [6, 6.07) is 5.89. The minimum absolute atomic E-state index is 0.783. The lowest BCUT2D eigenvalue weighted by atomic mass is 10.3. The molecule has 0 radical (unpaired) electrons. The first-order valence-corrected chi connectivity index (χ1v) is 6.67. The number of anilines is 1. The smallest absolute Gasteiger partial charge is 0.0946 e. The third-order valence-electron chi connectivity index (χ3n) is 2.12. The molecule has 16 heavy (non-hydrogen) atoms. The van der Waals surface area contributed by atoms with Crippen molar-refractivity contribution in [1.82, 2.24) is 9.55 Å². The highest BCUT2D eigenvalue weighted by atomic mass is 79.9. The molecule has 0 aliphatic carbocycles. The topological polar surface area (TPSA) is 43.8 Å². The van der Waals surface area contributed by atoms with E-state index in [0.29, 0.717) is 0 Å². The quantitative estimate of drug-likeness (QED) is 0.697. The number of hydrogen-bond acceptors (Lipinski definition) is 3. The molecule has 5 heteroatoms. The molecule has 0 atom stereocenters. The van der Waals surface area contributed by atoms with E-state index in [0.717, 1.165) is 22.5 Å². The number of aryl methyl sites for hydroxylation is 1. The van der Waals surface area contributed by atoms with Crippen LogP contribution in [0.15, 0.2) is 46.3 Å². The number of nitrogen functional groups attached to an aromatic ring is 1. The molecule has 0 aliphatic rings. The molecule has 0 amide bonds. The van der Waals surface area contributed by atoms with Gasteiger partial charge in [0.2, 0.25) is 0 Å². The standard InChI is InChI=1S/C11H12BrN3S/c12-10-7-9(13)1-2-11(10)16-6-5-15-4-3-14-8-15/h1-4,7-8H,5-6,13H2. The Bertz CT molecular complexity index is 456. The number of aromatic nitrogens is 2. The predicted octanol–water partition coefficient (Wildman–Crippen LogP) is 3.02. The molecule has 1 aromatic carbocycles. The van der Waals surface area contributed by atoms with Gasteiger partial charge >= 0.3 is 0 Å². The predicted molar refractivity (Wildman–Crippen MR) is 71.5 cm³/mol. The van der Waals surface area contributed by atoms with Crippen LogP contribution in [0.4, 0.5) is 5.69 Å². The average molecular weight is 298 g/mol. The molecule has 0 bridgehead atoms. The minimum atomic E-state index is 0.783. The van der Waals surface area contributed by atoms with Crippen molar-refractivity contribution in [3.8, 4) is 0 Å². The van der Waals surface area contributed by atoms with E-state index in [1.165, 1.54) is 4.90 Å². The first kappa shape index (κ1) is 11.5. The van der Waals surface area contributed by atoms with Crippen LogP contribution < -0.4 is 5.73 Å². The van der Waals surface area contributed by atoms with Crippen LogP contribution in [-0.4, -0.2) is 15.3 Å². The largest absolute Gasteiger partial charge is 0.399 e. The molecule has 2 aromatic rings. The first-order valence-electron chi connectivity index (χ1n) is 4.89. The molecule has 2 N–H and O–H groups in total. The van der Waals surface area contributed by atoms with Gasteiger partial charge in [-0.25, -0.2) is 4.98 Å². The Labute approximate surface area is 107 Å². The van der Waals surface area contributed by atoms with Crippen LogP contribution in [0, 0.1) is 0 Å². The Kier molecular flexibility index (Phi) is 3.90. The molecule has 1 aromatic heterocycles. The van der Waals surface area contributed by atoms with Crippen molar-refractivity contribution in [1.29, 1.82) is 0 Å². The molecule has 0 spiro atoms. The Balaban J connectivity index is 1.90. The van der Waals surface area contributed by atoms with Gasteiger partial charge in [-0.05, 0) is 34.1 Å². The van der Waals surface area contributed by atoms with E-state index in [1.54, 1.807) is 18.0 Å². The highest BCUT2D eigenvalue weighted by Crippen LogP contribution is 2.29. The summed E-state index contributed by atoms with van der Waals surface area (Å²) in [4.78, 5) is 5.22. The van der Waals surface area contributed by atoms with Gasteiger partial charge in [-0.2, -0.15) is 0 Å². The monoisotopic (exact) mass is 297 g/mol. The Morgan fingerprint density at radius 3 is 3.00 bits per heavy atom. The molecule has 2 rings (SSSR count). The molecule has 3 nitrogen and oxygen atoms in total. The van der Waals surface area contributed by atoms with E-state index in [9.17, 15) is 0 Å². The zero-order valence-corrected chi connectivity index (χ0v) is 11.0. The fourth-order valence-corrected chi connectivity index (χ4v) is 2.94. The summed E-state index contributed by atoms with van der Waals surface area (Å²) in [6.45, 7) is 0.960. The molecular formula is C11H12BrN3S. The van der Waals surface area contributed by atoms with E-state index in [-0.39, 0.29) is 0 Å². The summed E-state index contributed by atoms with van der Waals surface area (Å²) in [5, 5.41) is 0. The van der Waals surface area contributed by atoms with Gasteiger partial charge in [0.15, 0.2) is 0 Å². The van der Waals surface area contributed by atoms with Gasteiger partial charge in [0.05, 0.1) is 6.33 Å². The second-order valence-corrected chi connectivity index (χ2v) is 5.33. The molecule has 0 saturated heterocycles. The van der Waals surface area contributed by atoms with Crippen LogP contribution in [0.3, 0.4) is 0 Å². The molecule has 0 saturated carbocycles. The van der Waals surface area contributed by atoms with Crippen molar-refractivity contribution in [2.24, 2.45) is 0 Å². The van der Waals surface area contributed by atoms with Crippen LogP contribution >= 0.6 is 27.7 Å². The summed E-state index contributed by atoms with van der Waals surface area (Å²) in [5.74, 6) is 1.01. The van der Waals surface area contributed by atoms with Crippen LogP contribution in [0.2, 0.25) is 0 Å². The number of nitrogens with zero attached hydrogens (tertiary/aromatic N) is 2. The molecule has 0 aliphatic heterocycles. The zero-order valence-electron chi connectivity index (χ0n) is 8.64. The van der Waals surface area contributed by atoms with Gasteiger partial charge in [0, 0.05) is 39.7 Å². The Morgan fingerprint density at radius 1 is 1.44 bits per heavy atom. The summed E-state index contributed by atoms with van der Waals surface area (Å²) in [6.07, 6.45) is 5.60. The van der Waals surface area contributed by atoms with Gasteiger partial charge in [-0.1, -0.05) is 0 Å². The lowest BCUT2D eigenvalue weighted by Crippen LogP contribution is -1.96. The van der Waals surface area contributed by atoms with Gasteiger partial charge in [0.1, 0.15) is 0 Å². The van der Waals surface area contributed by atoms with E-state index < -0.39 is 0 Å². The van der Waals surface area contributed by atoms with Crippen molar-refractivity contribution in [3.05, 3.63) is 41.4 Å². The van der Waals surface area contributed by atoms with Crippen LogP contribution in [-0.2, 0) is 6.54 Å². The SMILES string of the molecule is Nc1ccc(SCCn2ccnc2)c(Br)c1. The third kappa shape index (κ3) is 3.02. The molecule has 0 unspecified atom stereocenters. The number of halogens is 1.